The molecule has 4 aromatic rings. The summed E-state index contributed by atoms with van der Waals surface area (Å²) >= 11 is 0. The molecule has 0 aliphatic carbocycles. The first kappa shape index (κ1) is 29.1. The maximum Gasteiger partial charge on any atom is 0.459 e. The van der Waals surface area contributed by atoms with Gasteiger partial charge in [-0.3, -0.25) is 9.32 Å². The fraction of sp³-hybridized carbons (Fsp3) is 0.393. The van der Waals surface area contributed by atoms with E-state index in [-0.39, 0.29) is 12.4 Å². The van der Waals surface area contributed by atoms with Crippen LogP contribution >= 0.6 is 7.75 Å². The number of benzene rings is 2. The van der Waals surface area contributed by atoms with Gasteiger partial charge in [0.2, 0.25) is 0 Å². The normalized spacial score (nSPS) is 24.8. The monoisotopic (exact) mass is 586 g/mol. The predicted octanol–water partition coefficient (Wildman–Crippen LogP) is 4.46. The highest BCUT2D eigenvalue weighted by atomic mass is 31.2. The Bertz CT molecular complexity index is 1610. The van der Waals surface area contributed by atoms with Gasteiger partial charge in [-0.05, 0) is 51.3 Å². The molecule has 1 unspecified atom stereocenters. The van der Waals surface area contributed by atoms with Crippen molar-refractivity contribution >= 4 is 30.0 Å². The molecule has 11 nitrogen and oxygen atoms in total. The summed E-state index contributed by atoms with van der Waals surface area (Å²) in [6, 6.07) is 14.9. The summed E-state index contributed by atoms with van der Waals surface area (Å²) in [5.41, 5.74) is -0.506. The standard InChI is InChI=1S/C28H32FN4O7P/c1-5-37-27(35)18(3)32-41(36,40-23-12-8-10-19-9-6-7-11-20(19)23)38-15-24-25(34)28(4,29)26(39-24)22-14-13-21-17(2)30-16-31-33(21)22/h6-14,16,18,24-26,34H,5,15H2,1-4H3,(H,32,36)/t18-,24+,25+,26-,28+,41?/m0/s1. The zero-order valence-corrected chi connectivity index (χ0v) is 24.0. The highest BCUT2D eigenvalue weighted by molar-refractivity contribution is 7.52. The number of carbonyl (C=O) groups excluding carboxylic acids is 1. The Balaban J connectivity index is 1.40. The van der Waals surface area contributed by atoms with Crippen LogP contribution in [0.5, 0.6) is 5.75 Å². The number of alkyl halides is 1. The lowest BCUT2D eigenvalue weighted by molar-refractivity contribution is -0.144. The minimum absolute atomic E-state index is 0.123. The SMILES string of the molecule is CCOC(=O)[C@H](C)NP(=O)(OC[C@H]1O[C@@H](c2ccc3c(C)ncnn23)[C@](C)(F)[C@@H]1O)Oc1cccc2ccccc12. The average molecular weight is 587 g/mol. The number of nitrogens with zero attached hydrogens (tertiary/aromatic N) is 3. The van der Waals surface area contributed by atoms with Crippen LogP contribution in [0.4, 0.5) is 4.39 Å². The smallest absolute Gasteiger partial charge is 0.459 e. The van der Waals surface area contributed by atoms with Crippen LogP contribution in [0, 0.1) is 6.92 Å². The van der Waals surface area contributed by atoms with Crippen LogP contribution in [0.1, 0.15) is 38.3 Å². The number of aliphatic hydroxyl groups is 1. The molecule has 5 rings (SSSR count). The van der Waals surface area contributed by atoms with E-state index >= 15 is 4.39 Å². The van der Waals surface area contributed by atoms with E-state index in [0.29, 0.717) is 22.3 Å². The van der Waals surface area contributed by atoms with Crippen molar-refractivity contribution in [1.29, 1.82) is 0 Å². The molecule has 41 heavy (non-hydrogen) atoms. The first-order valence-electron chi connectivity index (χ1n) is 13.2. The minimum atomic E-state index is -4.32. The van der Waals surface area contributed by atoms with Gasteiger partial charge in [-0.1, -0.05) is 36.4 Å². The van der Waals surface area contributed by atoms with Crippen LogP contribution in [0.2, 0.25) is 0 Å². The maximum atomic E-state index is 16.0. The van der Waals surface area contributed by atoms with Crippen LogP contribution in [-0.2, 0) is 23.4 Å². The summed E-state index contributed by atoms with van der Waals surface area (Å²) in [6.07, 6.45) is -2.74. The third-order valence-corrected chi connectivity index (χ3v) is 8.69. The molecule has 0 bridgehead atoms. The molecule has 1 aliphatic heterocycles. The fourth-order valence-corrected chi connectivity index (χ4v) is 6.41. The molecule has 0 radical (unpaired) electrons. The molecule has 2 aromatic carbocycles. The predicted molar refractivity (Wildman–Crippen MR) is 148 cm³/mol. The minimum Gasteiger partial charge on any atom is -0.465 e. The highest BCUT2D eigenvalue weighted by Gasteiger charge is 2.56. The summed E-state index contributed by atoms with van der Waals surface area (Å²) < 4.78 is 54.2. The number of aryl methyl sites for hydroxylation is 1. The molecule has 1 aliphatic rings. The van der Waals surface area contributed by atoms with Crippen molar-refractivity contribution in [3.8, 4) is 5.75 Å². The van der Waals surface area contributed by atoms with Crippen molar-refractivity contribution in [3.63, 3.8) is 0 Å². The second kappa shape index (κ2) is 11.5. The zero-order chi connectivity index (χ0) is 29.4. The number of carbonyl (C=O) groups is 1. The lowest BCUT2D eigenvalue weighted by atomic mass is 9.93. The summed E-state index contributed by atoms with van der Waals surface area (Å²) in [6.45, 7) is 5.74. The van der Waals surface area contributed by atoms with Crippen molar-refractivity contribution < 1.29 is 37.4 Å². The Morgan fingerprint density at radius 3 is 2.78 bits per heavy atom. The lowest BCUT2D eigenvalue weighted by Crippen LogP contribution is -2.40. The van der Waals surface area contributed by atoms with Gasteiger partial charge in [0.1, 0.15) is 36.4 Å². The highest BCUT2D eigenvalue weighted by Crippen LogP contribution is 2.49. The van der Waals surface area contributed by atoms with E-state index in [4.69, 9.17) is 18.5 Å². The number of esters is 1. The molecule has 1 saturated heterocycles. The summed E-state index contributed by atoms with van der Waals surface area (Å²) in [5, 5.41) is 19.2. The number of ether oxygens (including phenoxy) is 2. The second-order valence-electron chi connectivity index (χ2n) is 10.0. The molecular weight excluding hydrogens is 554 g/mol. The molecule has 6 atom stereocenters. The van der Waals surface area contributed by atoms with Gasteiger partial charge >= 0.3 is 13.7 Å². The van der Waals surface area contributed by atoms with Gasteiger partial charge in [-0.25, -0.2) is 18.5 Å². The van der Waals surface area contributed by atoms with Crippen molar-refractivity contribution in [2.24, 2.45) is 0 Å². The van der Waals surface area contributed by atoms with Crippen LogP contribution in [-0.4, -0.2) is 62.8 Å². The zero-order valence-electron chi connectivity index (χ0n) is 23.1. The van der Waals surface area contributed by atoms with E-state index in [2.05, 4.69) is 15.2 Å². The largest absolute Gasteiger partial charge is 0.465 e. The Kier molecular flexibility index (Phi) is 8.13. The molecule has 3 heterocycles. The number of aliphatic hydroxyl groups excluding tert-OH is 1. The third kappa shape index (κ3) is 5.71. The fourth-order valence-electron chi connectivity index (χ4n) is 4.89. The molecule has 2 N–H and O–H groups in total. The average Bonchev–Trinajstić information content (AvgIpc) is 3.47. The van der Waals surface area contributed by atoms with Gasteiger partial charge in [0, 0.05) is 5.39 Å². The van der Waals surface area contributed by atoms with Crippen molar-refractivity contribution in [2.75, 3.05) is 13.2 Å². The van der Waals surface area contributed by atoms with E-state index < -0.39 is 50.3 Å². The number of aromatic nitrogens is 3. The molecule has 0 spiro atoms. The summed E-state index contributed by atoms with van der Waals surface area (Å²) in [7, 11) is -4.32. The summed E-state index contributed by atoms with van der Waals surface area (Å²) in [4.78, 5) is 16.5. The van der Waals surface area contributed by atoms with Gasteiger partial charge in [0.15, 0.2) is 5.67 Å². The van der Waals surface area contributed by atoms with E-state index in [1.54, 1.807) is 50.2 Å². The van der Waals surface area contributed by atoms with Crippen LogP contribution in [0.3, 0.4) is 0 Å². The topological polar surface area (TPSA) is 134 Å². The van der Waals surface area contributed by atoms with E-state index in [9.17, 15) is 14.5 Å². The van der Waals surface area contributed by atoms with Crippen LogP contribution < -0.4 is 9.61 Å². The molecule has 13 heteroatoms. The molecular formula is C28H32FN4O7P. The number of halogens is 1. The van der Waals surface area contributed by atoms with Gasteiger partial charge in [-0.15, -0.1) is 0 Å². The molecule has 218 valence electrons. The Morgan fingerprint density at radius 1 is 1.24 bits per heavy atom. The first-order valence-corrected chi connectivity index (χ1v) is 14.8. The van der Waals surface area contributed by atoms with Gasteiger partial charge in [0.05, 0.1) is 30.1 Å². The van der Waals surface area contributed by atoms with E-state index in [1.807, 2.05) is 18.2 Å². The van der Waals surface area contributed by atoms with Crippen LogP contribution in [0.15, 0.2) is 60.9 Å². The Hall–Kier alpha value is -3.41. The summed E-state index contributed by atoms with van der Waals surface area (Å²) in [5.74, 6) is -0.422. The van der Waals surface area contributed by atoms with Gasteiger partial charge in [0.25, 0.3) is 0 Å². The number of fused-ring (bicyclic) bond motifs is 2. The van der Waals surface area contributed by atoms with Crippen LogP contribution in [0.25, 0.3) is 16.3 Å². The first-order chi connectivity index (χ1) is 19.5. The molecule has 0 amide bonds. The Morgan fingerprint density at radius 2 is 2.00 bits per heavy atom. The van der Waals surface area contributed by atoms with Crippen molar-refractivity contribution in [1.82, 2.24) is 19.7 Å². The molecule has 2 aromatic heterocycles. The molecule has 1 fully saturated rings. The Labute approximate surface area is 236 Å². The third-order valence-electron chi connectivity index (χ3n) is 7.07. The number of hydrogen-bond acceptors (Lipinski definition) is 9. The van der Waals surface area contributed by atoms with E-state index in [1.165, 1.54) is 24.7 Å². The van der Waals surface area contributed by atoms with E-state index in [0.717, 1.165) is 5.39 Å². The van der Waals surface area contributed by atoms with Crippen molar-refractivity contribution in [3.05, 3.63) is 72.3 Å². The van der Waals surface area contributed by atoms with Gasteiger partial charge < -0.3 is 19.1 Å². The number of rotatable bonds is 10. The quantitative estimate of drug-likeness (QED) is 0.203. The lowest BCUT2D eigenvalue weighted by Gasteiger charge is -2.25. The number of hydrogen-bond donors (Lipinski definition) is 2. The maximum absolute atomic E-state index is 16.0. The molecule has 0 saturated carbocycles. The number of nitrogens with one attached hydrogen (secondary N) is 1. The van der Waals surface area contributed by atoms with Gasteiger partial charge in [-0.2, -0.15) is 10.2 Å². The van der Waals surface area contributed by atoms with Crippen molar-refractivity contribution in [2.45, 2.75) is 57.7 Å². The second-order valence-corrected chi connectivity index (χ2v) is 11.7.